The molecule has 0 aliphatic rings. The monoisotopic (exact) mass is 237 g/mol. The van der Waals surface area contributed by atoms with Crippen molar-refractivity contribution < 1.29 is 14.6 Å². The van der Waals surface area contributed by atoms with Gasteiger partial charge in [-0.1, -0.05) is 17.7 Å². The Morgan fingerprint density at radius 1 is 1.41 bits per heavy atom. The van der Waals surface area contributed by atoms with E-state index in [1.807, 2.05) is 31.2 Å². The molecule has 1 rings (SSSR count). The summed E-state index contributed by atoms with van der Waals surface area (Å²) in [5.41, 5.74) is 1.17. The Labute approximate surface area is 102 Å². The lowest BCUT2D eigenvalue weighted by Crippen LogP contribution is -2.35. The largest absolute Gasteiger partial charge is 0.493 e. The van der Waals surface area contributed by atoms with E-state index in [9.17, 15) is 4.79 Å². The van der Waals surface area contributed by atoms with E-state index in [-0.39, 0.29) is 25.0 Å². The first kappa shape index (κ1) is 13.5. The van der Waals surface area contributed by atoms with E-state index in [0.29, 0.717) is 6.61 Å². The standard InChI is InChI=1S/C13H19NO3/c1-10-3-5-12(6-4-10)17-8-7-13(16)14-11(2)9-15/h3-6,11,15H,7-9H2,1-2H3,(H,14,16)/t11-/m0/s1. The van der Waals surface area contributed by atoms with Gasteiger partial charge in [0.25, 0.3) is 0 Å². The van der Waals surface area contributed by atoms with Crippen molar-refractivity contribution in [2.24, 2.45) is 0 Å². The molecule has 0 bridgehead atoms. The van der Waals surface area contributed by atoms with E-state index in [2.05, 4.69) is 5.32 Å². The van der Waals surface area contributed by atoms with Crippen LogP contribution < -0.4 is 10.1 Å². The molecule has 4 heteroatoms. The second kappa shape index (κ2) is 6.91. The fourth-order valence-electron chi connectivity index (χ4n) is 1.29. The van der Waals surface area contributed by atoms with Crippen molar-refractivity contribution in [3.8, 4) is 5.75 Å². The fourth-order valence-corrected chi connectivity index (χ4v) is 1.29. The molecule has 0 radical (unpaired) electrons. The molecule has 94 valence electrons. The van der Waals surface area contributed by atoms with Gasteiger partial charge in [-0.3, -0.25) is 4.79 Å². The number of carbonyl (C=O) groups excluding carboxylic acids is 1. The van der Waals surface area contributed by atoms with Crippen molar-refractivity contribution in [3.63, 3.8) is 0 Å². The summed E-state index contributed by atoms with van der Waals surface area (Å²) in [6, 6.07) is 7.47. The van der Waals surface area contributed by atoms with Crippen LogP contribution in [0.2, 0.25) is 0 Å². The number of hydrogen-bond acceptors (Lipinski definition) is 3. The van der Waals surface area contributed by atoms with Crippen molar-refractivity contribution in [2.75, 3.05) is 13.2 Å². The number of benzene rings is 1. The van der Waals surface area contributed by atoms with E-state index in [4.69, 9.17) is 9.84 Å². The number of carbonyl (C=O) groups is 1. The van der Waals surface area contributed by atoms with Gasteiger partial charge in [0.05, 0.1) is 19.6 Å². The van der Waals surface area contributed by atoms with Crippen molar-refractivity contribution in [1.82, 2.24) is 5.32 Å². The lowest BCUT2D eigenvalue weighted by molar-refractivity contribution is -0.122. The van der Waals surface area contributed by atoms with Gasteiger partial charge in [0.15, 0.2) is 0 Å². The highest BCUT2D eigenvalue weighted by atomic mass is 16.5. The Balaban J connectivity index is 2.23. The Hall–Kier alpha value is -1.55. The molecule has 1 aromatic carbocycles. The lowest BCUT2D eigenvalue weighted by Gasteiger charge is -2.11. The molecule has 0 aliphatic heterocycles. The smallest absolute Gasteiger partial charge is 0.223 e. The summed E-state index contributed by atoms with van der Waals surface area (Å²) in [4.78, 5) is 11.4. The maximum atomic E-state index is 11.4. The molecule has 0 saturated carbocycles. The molecule has 0 aromatic heterocycles. The van der Waals surface area contributed by atoms with E-state index in [1.165, 1.54) is 5.56 Å². The summed E-state index contributed by atoms with van der Waals surface area (Å²) >= 11 is 0. The number of aliphatic hydroxyl groups excluding tert-OH is 1. The molecule has 4 nitrogen and oxygen atoms in total. The number of aryl methyl sites for hydroxylation is 1. The van der Waals surface area contributed by atoms with E-state index >= 15 is 0 Å². The molecular formula is C13H19NO3. The maximum absolute atomic E-state index is 11.4. The number of ether oxygens (including phenoxy) is 1. The van der Waals surface area contributed by atoms with Crippen LogP contribution in [0, 0.1) is 6.92 Å². The topological polar surface area (TPSA) is 58.6 Å². The summed E-state index contributed by atoms with van der Waals surface area (Å²) in [5, 5.41) is 11.4. The van der Waals surface area contributed by atoms with Crippen LogP contribution in [0.1, 0.15) is 18.9 Å². The van der Waals surface area contributed by atoms with Crippen LogP contribution in [-0.4, -0.2) is 30.3 Å². The predicted octanol–water partition coefficient (Wildman–Crippen LogP) is 1.26. The summed E-state index contributed by atoms with van der Waals surface area (Å²) in [7, 11) is 0. The maximum Gasteiger partial charge on any atom is 0.223 e. The van der Waals surface area contributed by atoms with E-state index < -0.39 is 0 Å². The minimum atomic E-state index is -0.207. The zero-order chi connectivity index (χ0) is 12.7. The summed E-state index contributed by atoms with van der Waals surface area (Å²) < 4.78 is 5.42. The normalized spacial score (nSPS) is 11.9. The molecular weight excluding hydrogens is 218 g/mol. The van der Waals surface area contributed by atoms with Crippen LogP contribution in [0.25, 0.3) is 0 Å². The molecule has 1 amide bonds. The van der Waals surface area contributed by atoms with E-state index in [1.54, 1.807) is 6.92 Å². The molecule has 0 spiro atoms. The molecule has 2 N–H and O–H groups in total. The van der Waals surface area contributed by atoms with Crippen molar-refractivity contribution in [1.29, 1.82) is 0 Å². The highest BCUT2D eigenvalue weighted by Gasteiger charge is 2.05. The van der Waals surface area contributed by atoms with Crippen molar-refractivity contribution in [2.45, 2.75) is 26.3 Å². The van der Waals surface area contributed by atoms with Crippen LogP contribution in [0.5, 0.6) is 5.75 Å². The molecule has 0 fully saturated rings. The second-order valence-electron chi connectivity index (χ2n) is 4.06. The number of aliphatic hydroxyl groups is 1. The summed E-state index contributed by atoms with van der Waals surface area (Å²) in [6.07, 6.45) is 0.290. The van der Waals surface area contributed by atoms with Crippen molar-refractivity contribution >= 4 is 5.91 Å². The third-order valence-electron chi connectivity index (χ3n) is 2.30. The highest BCUT2D eigenvalue weighted by molar-refractivity contribution is 5.76. The van der Waals surface area contributed by atoms with E-state index in [0.717, 1.165) is 5.75 Å². The quantitative estimate of drug-likeness (QED) is 0.783. The zero-order valence-corrected chi connectivity index (χ0v) is 10.3. The molecule has 17 heavy (non-hydrogen) atoms. The van der Waals surface area contributed by atoms with Gasteiger partial charge in [-0.25, -0.2) is 0 Å². The van der Waals surface area contributed by atoms with Crippen LogP contribution in [0.15, 0.2) is 24.3 Å². The Morgan fingerprint density at radius 2 is 2.06 bits per heavy atom. The Bertz CT molecular complexity index is 348. The van der Waals surface area contributed by atoms with Crippen LogP contribution in [-0.2, 0) is 4.79 Å². The van der Waals surface area contributed by atoms with Gasteiger partial charge in [-0.2, -0.15) is 0 Å². The van der Waals surface area contributed by atoms with Gasteiger partial charge in [0, 0.05) is 6.04 Å². The first-order chi connectivity index (χ1) is 8.11. The van der Waals surface area contributed by atoms with Crippen LogP contribution in [0.4, 0.5) is 0 Å². The molecule has 0 heterocycles. The minimum Gasteiger partial charge on any atom is -0.493 e. The Morgan fingerprint density at radius 3 is 2.65 bits per heavy atom. The van der Waals surface area contributed by atoms with Gasteiger partial charge >= 0.3 is 0 Å². The van der Waals surface area contributed by atoms with Gasteiger partial charge in [0.2, 0.25) is 5.91 Å². The molecule has 1 atom stereocenters. The van der Waals surface area contributed by atoms with Gasteiger partial charge < -0.3 is 15.2 Å². The summed E-state index contributed by atoms with van der Waals surface area (Å²) in [5.74, 6) is 0.650. The first-order valence-corrected chi connectivity index (χ1v) is 5.71. The lowest BCUT2D eigenvalue weighted by atomic mass is 10.2. The third kappa shape index (κ3) is 5.36. The van der Waals surface area contributed by atoms with Crippen LogP contribution in [0.3, 0.4) is 0 Å². The number of amides is 1. The van der Waals surface area contributed by atoms with Gasteiger partial charge in [-0.15, -0.1) is 0 Å². The SMILES string of the molecule is Cc1ccc(OCCC(=O)N[C@@H](C)CO)cc1. The number of hydrogen-bond donors (Lipinski definition) is 2. The first-order valence-electron chi connectivity index (χ1n) is 5.71. The Kier molecular flexibility index (Phi) is 5.49. The highest BCUT2D eigenvalue weighted by Crippen LogP contribution is 2.11. The third-order valence-corrected chi connectivity index (χ3v) is 2.30. The zero-order valence-electron chi connectivity index (χ0n) is 10.3. The number of rotatable bonds is 6. The minimum absolute atomic E-state index is 0.0510. The molecule has 0 aliphatic carbocycles. The van der Waals surface area contributed by atoms with Gasteiger partial charge in [0.1, 0.15) is 5.75 Å². The molecule has 1 aromatic rings. The van der Waals surface area contributed by atoms with Crippen LogP contribution >= 0.6 is 0 Å². The molecule has 0 unspecified atom stereocenters. The van der Waals surface area contributed by atoms with Crippen molar-refractivity contribution in [3.05, 3.63) is 29.8 Å². The summed E-state index contributed by atoms with van der Waals surface area (Å²) in [6.45, 7) is 4.05. The molecule has 0 saturated heterocycles. The fraction of sp³-hybridized carbons (Fsp3) is 0.462. The number of nitrogens with one attached hydrogen (secondary N) is 1. The predicted molar refractivity (Wildman–Crippen MR) is 66.0 cm³/mol. The van der Waals surface area contributed by atoms with Gasteiger partial charge in [-0.05, 0) is 26.0 Å². The average molecular weight is 237 g/mol. The second-order valence-corrected chi connectivity index (χ2v) is 4.06. The average Bonchev–Trinajstić information content (AvgIpc) is 2.31.